The fraction of sp³-hybridized carbons (Fsp3) is 0.308. The predicted octanol–water partition coefficient (Wildman–Crippen LogP) is 7.69. The highest BCUT2D eigenvalue weighted by Gasteiger charge is 2.37. The van der Waals surface area contributed by atoms with Gasteiger partial charge in [-0.05, 0) is 75.9 Å². The number of amides is 2. The van der Waals surface area contributed by atoms with E-state index in [1.54, 1.807) is 11.0 Å². The first-order chi connectivity index (χ1) is 23.0. The van der Waals surface area contributed by atoms with Crippen LogP contribution < -0.4 is 5.32 Å². The first kappa shape index (κ1) is 33.0. The molecule has 1 saturated carbocycles. The summed E-state index contributed by atoms with van der Waals surface area (Å²) in [6, 6.07) is 25.7. The molecule has 248 valence electrons. The Bertz CT molecular complexity index is 1770. The van der Waals surface area contributed by atoms with Crippen LogP contribution in [0.5, 0.6) is 0 Å². The predicted molar refractivity (Wildman–Crippen MR) is 177 cm³/mol. The molecule has 2 aliphatic rings. The van der Waals surface area contributed by atoms with E-state index in [9.17, 15) is 32.7 Å². The Morgan fingerprint density at radius 1 is 0.792 bits per heavy atom. The van der Waals surface area contributed by atoms with Crippen molar-refractivity contribution in [2.24, 2.45) is 5.92 Å². The standard InChI is InChI=1S/C39H37F3N2O4/c40-39(41,42)33-18-16-29(17-19-33)30-14-15-31-23-35(44(24-32(31)22-30)36(45)21-25-6-4-5-7-25)37(46)43-34(38(47)48)20-26-10-12-28(13-11-26)27-8-2-1-3-9-27/h1-3,8-19,22,25,34-35H,4-7,20-21,23-24H2,(H,43,46)(H,47,48)/t34-,35-/m0/s1. The molecule has 0 aromatic heterocycles. The quantitative estimate of drug-likeness (QED) is 0.194. The van der Waals surface area contributed by atoms with Crippen molar-refractivity contribution < 1.29 is 32.7 Å². The zero-order valence-corrected chi connectivity index (χ0v) is 26.4. The molecule has 4 aromatic carbocycles. The number of halogens is 3. The molecule has 0 unspecified atom stereocenters. The fourth-order valence-electron chi connectivity index (χ4n) is 6.86. The summed E-state index contributed by atoms with van der Waals surface area (Å²) in [5, 5.41) is 12.8. The van der Waals surface area contributed by atoms with E-state index in [0.717, 1.165) is 65.6 Å². The molecule has 6 rings (SSSR count). The Kier molecular flexibility index (Phi) is 9.66. The molecule has 4 aromatic rings. The minimum absolute atomic E-state index is 0.0754. The maximum absolute atomic E-state index is 13.8. The lowest BCUT2D eigenvalue weighted by Gasteiger charge is -2.37. The number of hydrogen-bond donors (Lipinski definition) is 2. The third-order valence-corrected chi connectivity index (χ3v) is 9.56. The van der Waals surface area contributed by atoms with Crippen LogP contribution in [0.2, 0.25) is 0 Å². The first-order valence-electron chi connectivity index (χ1n) is 16.3. The highest BCUT2D eigenvalue weighted by atomic mass is 19.4. The zero-order chi connectivity index (χ0) is 33.8. The second-order valence-electron chi connectivity index (χ2n) is 12.8. The van der Waals surface area contributed by atoms with Crippen molar-refractivity contribution in [2.75, 3.05) is 0 Å². The lowest BCUT2D eigenvalue weighted by atomic mass is 9.89. The van der Waals surface area contributed by atoms with E-state index in [1.807, 2.05) is 66.7 Å². The van der Waals surface area contributed by atoms with Gasteiger partial charge in [0.25, 0.3) is 0 Å². The van der Waals surface area contributed by atoms with Crippen LogP contribution in [-0.4, -0.2) is 39.9 Å². The van der Waals surface area contributed by atoms with Gasteiger partial charge in [0.2, 0.25) is 11.8 Å². The number of carboxylic acids is 1. The first-order valence-corrected chi connectivity index (χ1v) is 16.3. The number of hydrogen-bond acceptors (Lipinski definition) is 3. The summed E-state index contributed by atoms with van der Waals surface area (Å²) in [4.78, 5) is 41.5. The molecule has 6 nitrogen and oxygen atoms in total. The van der Waals surface area contributed by atoms with Crippen LogP contribution in [0.1, 0.15) is 54.4 Å². The topological polar surface area (TPSA) is 86.7 Å². The van der Waals surface area contributed by atoms with Gasteiger partial charge in [-0.1, -0.05) is 91.7 Å². The van der Waals surface area contributed by atoms with Gasteiger partial charge in [-0.2, -0.15) is 13.2 Å². The van der Waals surface area contributed by atoms with E-state index < -0.39 is 35.7 Å². The Morgan fingerprint density at radius 3 is 2.04 bits per heavy atom. The van der Waals surface area contributed by atoms with Gasteiger partial charge in [-0.25, -0.2) is 4.79 Å². The summed E-state index contributed by atoms with van der Waals surface area (Å²) in [6.07, 6.45) is 0.186. The Balaban J connectivity index is 1.22. The summed E-state index contributed by atoms with van der Waals surface area (Å²) in [7, 11) is 0. The normalized spacial score (nSPS) is 17.1. The van der Waals surface area contributed by atoms with Gasteiger partial charge in [0, 0.05) is 25.8 Å². The van der Waals surface area contributed by atoms with Crippen molar-refractivity contribution in [3.05, 3.63) is 119 Å². The number of carbonyl (C=O) groups excluding carboxylic acids is 2. The molecular weight excluding hydrogens is 617 g/mol. The van der Waals surface area contributed by atoms with Gasteiger partial charge in [-0.15, -0.1) is 0 Å². The van der Waals surface area contributed by atoms with Crippen molar-refractivity contribution >= 4 is 17.8 Å². The maximum atomic E-state index is 13.8. The number of benzene rings is 4. The van der Waals surface area contributed by atoms with Gasteiger partial charge < -0.3 is 15.3 Å². The molecule has 1 fully saturated rings. The van der Waals surface area contributed by atoms with Crippen LogP contribution >= 0.6 is 0 Å². The molecule has 2 atom stereocenters. The minimum Gasteiger partial charge on any atom is -0.480 e. The third-order valence-electron chi connectivity index (χ3n) is 9.56. The SMILES string of the molecule is O=C(O)[C@H](Cc1ccc(-c2ccccc2)cc1)NC(=O)[C@@H]1Cc2ccc(-c3ccc(C(F)(F)F)cc3)cc2CN1C(=O)CC1CCCC1. The second-order valence-corrected chi connectivity index (χ2v) is 12.8. The molecule has 0 bridgehead atoms. The lowest BCUT2D eigenvalue weighted by molar-refractivity contribution is -0.145. The monoisotopic (exact) mass is 654 g/mol. The van der Waals surface area contributed by atoms with E-state index in [2.05, 4.69) is 5.32 Å². The number of nitrogens with zero attached hydrogens (tertiary/aromatic N) is 1. The van der Waals surface area contributed by atoms with E-state index in [4.69, 9.17) is 0 Å². The van der Waals surface area contributed by atoms with Gasteiger partial charge in [-0.3, -0.25) is 9.59 Å². The molecule has 0 radical (unpaired) electrons. The molecule has 48 heavy (non-hydrogen) atoms. The Labute approximate surface area is 277 Å². The highest BCUT2D eigenvalue weighted by Crippen LogP contribution is 2.34. The van der Waals surface area contributed by atoms with Crippen LogP contribution in [0.25, 0.3) is 22.3 Å². The maximum Gasteiger partial charge on any atom is 0.416 e. The number of carboxylic acid groups (broad SMARTS) is 1. The average molecular weight is 655 g/mol. The largest absolute Gasteiger partial charge is 0.480 e. The molecule has 0 spiro atoms. The molecule has 2 N–H and O–H groups in total. The smallest absolute Gasteiger partial charge is 0.416 e. The number of nitrogens with one attached hydrogen (secondary N) is 1. The number of fused-ring (bicyclic) bond motifs is 1. The van der Waals surface area contributed by atoms with E-state index >= 15 is 0 Å². The molecule has 1 aliphatic carbocycles. The van der Waals surface area contributed by atoms with Gasteiger partial charge >= 0.3 is 12.1 Å². The van der Waals surface area contributed by atoms with Crippen LogP contribution in [0.15, 0.2) is 97.1 Å². The van der Waals surface area contributed by atoms with Crippen LogP contribution in [0.4, 0.5) is 13.2 Å². The molecule has 1 heterocycles. The van der Waals surface area contributed by atoms with Gasteiger partial charge in [0.05, 0.1) is 5.56 Å². The zero-order valence-electron chi connectivity index (χ0n) is 26.4. The van der Waals surface area contributed by atoms with Crippen molar-refractivity contribution in [2.45, 2.75) is 69.8 Å². The van der Waals surface area contributed by atoms with Crippen molar-refractivity contribution in [3.8, 4) is 22.3 Å². The lowest BCUT2D eigenvalue weighted by Crippen LogP contribution is -2.56. The second kappa shape index (κ2) is 14.1. The molecule has 1 aliphatic heterocycles. The minimum atomic E-state index is -4.43. The number of carbonyl (C=O) groups is 3. The molecule has 2 amide bonds. The third kappa shape index (κ3) is 7.62. The van der Waals surface area contributed by atoms with Gasteiger partial charge in [0.1, 0.15) is 12.1 Å². The average Bonchev–Trinajstić information content (AvgIpc) is 3.60. The van der Waals surface area contributed by atoms with Gasteiger partial charge in [0.15, 0.2) is 0 Å². The van der Waals surface area contributed by atoms with E-state index in [1.165, 1.54) is 12.1 Å². The summed E-state index contributed by atoms with van der Waals surface area (Å²) < 4.78 is 39.3. The summed E-state index contributed by atoms with van der Waals surface area (Å²) in [6.45, 7) is 0.145. The van der Waals surface area contributed by atoms with Crippen molar-refractivity contribution in [1.82, 2.24) is 10.2 Å². The molecule has 9 heteroatoms. The Morgan fingerprint density at radius 2 is 1.40 bits per heavy atom. The summed E-state index contributed by atoms with van der Waals surface area (Å²) in [5.74, 6) is -1.61. The van der Waals surface area contributed by atoms with Crippen LogP contribution in [0.3, 0.4) is 0 Å². The van der Waals surface area contributed by atoms with E-state index in [-0.39, 0.29) is 31.2 Å². The number of rotatable bonds is 9. The number of aliphatic carboxylic acids is 1. The molecular formula is C39H37F3N2O4. The van der Waals surface area contributed by atoms with Crippen molar-refractivity contribution in [1.29, 1.82) is 0 Å². The summed E-state index contributed by atoms with van der Waals surface area (Å²) >= 11 is 0. The summed E-state index contributed by atoms with van der Waals surface area (Å²) in [5.41, 5.74) is 5.01. The number of alkyl halides is 3. The van der Waals surface area contributed by atoms with Crippen LogP contribution in [0, 0.1) is 5.92 Å². The van der Waals surface area contributed by atoms with E-state index in [0.29, 0.717) is 17.5 Å². The highest BCUT2D eigenvalue weighted by molar-refractivity contribution is 5.91. The molecule has 0 saturated heterocycles. The van der Waals surface area contributed by atoms with Crippen molar-refractivity contribution in [3.63, 3.8) is 0 Å². The van der Waals surface area contributed by atoms with Crippen LogP contribution in [-0.2, 0) is 39.9 Å². The fourth-order valence-corrected chi connectivity index (χ4v) is 6.86. The Hall–Kier alpha value is -4.92.